The first-order valence-electron chi connectivity index (χ1n) is 13.5. The summed E-state index contributed by atoms with van der Waals surface area (Å²) in [6.45, 7) is 5.99. The van der Waals surface area contributed by atoms with E-state index in [1.807, 2.05) is 31.2 Å². The number of benzene rings is 1. The number of thioether (sulfide) groups is 1. The number of aromatic nitrogens is 2. The Morgan fingerprint density at radius 3 is 2.55 bits per heavy atom. The Labute approximate surface area is 242 Å². The molecule has 11 heteroatoms. The second-order valence-electron chi connectivity index (χ2n) is 10.2. The Balaban J connectivity index is 1.32. The van der Waals surface area contributed by atoms with E-state index in [1.54, 1.807) is 28.7 Å². The number of rotatable bonds is 6. The van der Waals surface area contributed by atoms with Crippen molar-refractivity contribution in [2.75, 3.05) is 56.2 Å². The fourth-order valence-corrected chi connectivity index (χ4v) is 6.62. The van der Waals surface area contributed by atoms with Gasteiger partial charge in [0.15, 0.2) is 0 Å². The van der Waals surface area contributed by atoms with Crippen LogP contribution in [0.4, 0.5) is 11.5 Å². The summed E-state index contributed by atoms with van der Waals surface area (Å²) < 4.78 is 13.1. The summed E-state index contributed by atoms with van der Waals surface area (Å²) in [4.78, 5) is 38.7. The number of carbonyl (C=O) groups is 1. The lowest BCUT2D eigenvalue weighted by Crippen LogP contribution is -2.47. The summed E-state index contributed by atoms with van der Waals surface area (Å²) in [6.07, 6.45) is 5.37. The van der Waals surface area contributed by atoms with Gasteiger partial charge in [0.2, 0.25) is 0 Å². The normalized spacial score (nSPS) is 20.8. The number of thiocarbonyl (C=S) groups is 1. The average Bonchev–Trinajstić information content (AvgIpc) is 3.59. The quantitative estimate of drug-likeness (QED) is 0.322. The zero-order valence-corrected chi connectivity index (χ0v) is 24.2. The minimum absolute atomic E-state index is 0.00431. The van der Waals surface area contributed by atoms with Crippen LogP contribution in [0.2, 0.25) is 0 Å². The Morgan fingerprint density at radius 1 is 1.10 bits per heavy atom. The summed E-state index contributed by atoms with van der Waals surface area (Å²) in [5, 5.41) is 0. The van der Waals surface area contributed by atoms with Gasteiger partial charge in [-0.25, -0.2) is 4.98 Å². The van der Waals surface area contributed by atoms with Crippen LogP contribution in [0.3, 0.4) is 0 Å². The molecule has 2 aromatic heterocycles. The van der Waals surface area contributed by atoms with Gasteiger partial charge < -0.3 is 19.3 Å². The van der Waals surface area contributed by atoms with Gasteiger partial charge in [-0.1, -0.05) is 30.0 Å². The molecule has 0 N–H and O–H groups in total. The molecule has 3 aliphatic heterocycles. The number of aryl methyl sites for hydroxylation is 1. The van der Waals surface area contributed by atoms with Gasteiger partial charge in [0.1, 0.15) is 21.5 Å². The highest BCUT2D eigenvalue weighted by molar-refractivity contribution is 8.26. The Kier molecular flexibility index (Phi) is 7.52. The molecule has 40 heavy (non-hydrogen) atoms. The van der Waals surface area contributed by atoms with E-state index >= 15 is 0 Å². The van der Waals surface area contributed by atoms with E-state index in [0.29, 0.717) is 52.5 Å². The summed E-state index contributed by atoms with van der Waals surface area (Å²) >= 11 is 6.79. The van der Waals surface area contributed by atoms with Gasteiger partial charge in [-0.2, -0.15) is 0 Å². The SMILES string of the molecule is COc1ccc(N2CCN(c3nc4ccc(C)cn4c(=O)c3C=C3SC(=S)N(CC4CCCO4)C3=O)CC2)cc1. The summed E-state index contributed by atoms with van der Waals surface area (Å²) in [5.41, 5.74) is 2.85. The second-order valence-corrected chi connectivity index (χ2v) is 11.9. The third kappa shape index (κ3) is 5.21. The van der Waals surface area contributed by atoms with Gasteiger partial charge >= 0.3 is 0 Å². The van der Waals surface area contributed by atoms with E-state index < -0.39 is 0 Å². The third-order valence-electron chi connectivity index (χ3n) is 7.56. The van der Waals surface area contributed by atoms with Crippen LogP contribution >= 0.6 is 24.0 Å². The van der Waals surface area contributed by atoms with Crippen molar-refractivity contribution in [3.05, 3.63) is 69.0 Å². The van der Waals surface area contributed by atoms with Crippen molar-refractivity contribution in [1.29, 1.82) is 0 Å². The smallest absolute Gasteiger partial charge is 0.267 e. The number of hydrogen-bond donors (Lipinski definition) is 0. The molecule has 208 valence electrons. The highest BCUT2D eigenvalue weighted by Crippen LogP contribution is 2.34. The highest BCUT2D eigenvalue weighted by atomic mass is 32.2. The molecule has 1 atom stereocenters. The molecule has 0 bridgehead atoms. The number of amides is 1. The predicted octanol–water partition coefficient (Wildman–Crippen LogP) is 3.72. The molecule has 3 fully saturated rings. The van der Waals surface area contributed by atoms with Crippen LogP contribution in [0, 0.1) is 6.92 Å². The van der Waals surface area contributed by atoms with Crippen molar-refractivity contribution < 1.29 is 14.3 Å². The lowest BCUT2D eigenvalue weighted by atomic mass is 10.2. The van der Waals surface area contributed by atoms with Crippen LogP contribution in [0.1, 0.15) is 24.0 Å². The van der Waals surface area contributed by atoms with Gasteiger partial charge in [-0.15, -0.1) is 0 Å². The van der Waals surface area contributed by atoms with Crippen molar-refractivity contribution in [3.63, 3.8) is 0 Å². The molecule has 9 nitrogen and oxygen atoms in total. The van der Waals surface area contributed by atoms with E-state index in [9.17, 15) is 9.59 Å². The highest BCUT2D eigenvalue weighted by Gasteiger charge is 2.35. The van der Waals surface area contributed by atoms with Crippen molar-refractivity contribution in [1.82, 2.24) is 14.3 Å². The lowest BCUT2D eigenvalue weighted by Gasteiger charge is -2.37. The fourth-order valence-electron chi connectivity index (χ4n) is 5.36. The van der Waals surface area contributed by atoms with Crippen LogP contribution in [0.15, 0.2) is 52.3 Å². The Bertz CT molecular complexity index is 1540. The van der Waals surface area contributed by atoms with E-state index in [-0.39, 0.29) is 17.6 Å². The van der Waals surface area contributed by atoms with Crippen molar-refractivity contribution in [3.8, 4) is 5.75 Å². The molecule has 0 aliphatic carbocycles. The number of hydrogen-bond acceptors (Lipinski definition) is 9. The molecule has 3 saturated heterocycles. The van der Waals surface area contributed by atoms with Crippen LogP contribution in [-0.2, 0) is 9.53 Å². The van der Waals surface area contributed by atoms with Crippen molar-refractivity contribution >= 4 is 57.4 Å². The van der Waals surface area contributed by atoms with E-state index in [0.717, 1.165) is 42.9 Å². The lowest BCUT2D eigenvalue weighted by molar-refractivity contribution is -0.123. The zero-order chi connectivity index (χ0) is 27.8. The fraction of sp³-hybridized carbons (Fsp3) is 0.379. The number of anilines is 2. The third-order valence-corrected chi connectivity index (χ3v) is 8.94. The van der Waals surface area contributed by atoms with Gasteiger partial charge in [-0.05, 0) is 61.7 Å². The maximum absolute atomic E-state index is 13.9. The number of ether oxygens (including phenoxy) is 2. The number of fused-ring (bicyclic) bond motifs is 1. The molecule has 3 aromatic rings. The standard InChI is InChI=1S/C29H31N5O4S2/c1-19-5-10-25-30-26(32-13-11-31(12-14-32)20-6-8-21(37-2)9-7-20)23(27(35)33(25)17-19)16-24-28(36)34(29(39)40-24)18-22-4-3-15-38-22/h5-10,16-17,22H,3-4,11-15,18H2,1-2H3. The first kappa shape index (κ1) is 26.8. The van der Waals surface area contributed by atoms with Crippen LogP contribution < -0.4 is 20.1 Å². The first-order chi connectivity index (χ1) is 19.4. The number of carbonyl (C=O) groups excluding carboxylic acids is 1. The minimum atomic E-state index is -0.203. The molecular weight excluding hydrogens is 546 g/mol. The molecule has 0 radical (unpaired) electrons. The molecule has 5 heterocycles. The first-order valence-corrected chi connectivity index (χ1v) is 14.7. The molecular formula is C29H31N5O4S2. The number of nitrogens with zero attached hydrogens (tertiary/aromatic N) is 5. The minimum Gasteiger partial charge on any atom is -0.497 e. The molecule has 3 aliphatic rings. The van der Waals surface area contributed by atoms with Crippen molar-refractivity contribution in [2.24, 2.45) is 0 Å². The van der Waals surface area contributed by atoms with Crippen LogP contribution in [0.5, 0.6) is 5.75 Å². The topological polar surface area (TPSA) is 79.6 Å². The largest absolute Gasteiger partial charge is 0.497 e. The Hall–Kier alpha value is -3.41. The molecule has 0 spiro atoms. The molecule has 0 saturated carbocycles. The van der Waals surface area contributed by atoms with Gasteiger partial charge in [0.25, 0.3) is 11.5 Å². The van der Waals surface area contributed by atoms with Crippen molar-refractivity contribution in [2.45, 2.75) is 25.9 Å². The summed E-state index contributed by atoms with van der Waals surface area (Å²) in [5.74, 6) is 1.23. The number of pyridine rings is 1. The summed E-state index contributed by atoms with van der Waals surface area (Å²) in [7, 11) is 1.66. The summed E-state index contributed by atoms with van der Waals surface area (Å²) in [6, 6.07) is 11.8. The Morgan fingerprint density at radius 2 is 1.85 bits per heavy atom. The van der Waals surface area contributed by atoms with E-state index in [4.69, 9.17) is 26.7 Å². The van der Waals surface area contributed by atoms with E-state index in [1.165, 1.54) is 11.8 Å². The molecule has 1 amide bonds. The average molecular weight is 578 g/mol. The molecule has 1 aromatic carbocycles. The molecule has 6 rings (SSSR count). The number of piperazine rings is 1. The van der Waals surface area contributed by atoms with E-state index in [2.05, 4.69) is 21.9 Å². The second kappa shape index (κ2) is 11.2. The molecule has 1 unspecified atom stereocenters. The van der Waals surface area contributed by atoms with Crippen LogP contribution in [-0.4, -0.2) is 77.1 Å². The van der Waals surface area contributed by atoms with Gasteiger partial charge in [0.05, 0.1) is 30.2 Å². The monoisotopic (exact) mass is 577 g/mol. The maximum Gasteiger partial charge on any atom is 0.267 e. The van der Waals surface area contributed by atoms with Gasteiger partial charge in [-0.3, -0.25) is 18.9 Å². The predicted molar refractivity (Wildman–Crippen MR) is 162 cm³/mol. The number of methoxy groups -OCH3 is 1. The zero-order valence-electron chi connectivity index (χ0n) is 22.5. The van der Waals surface area contributed by atoms with Gasteiger partial charge in [0, 0.05) is 44.7 Å². The maximum atomic E-state index is 13.9. The van der Waals surface area contributed by atoms with Crippen LogP contribution in [0.25, 0.3) is 11.7 Å².